The molecule has 1 aliphatic heterocycles. The molecule has 2 atom stereocenters. The normalized spacial score (nSPS) is 17.9. The van der Waals surface area contributed by atoms with Gasteiger partial charge in [-0.1, -0.05) is 12.1 Å². The molecule has 0 aromatic carbocycles. The molecule has 0 amide bonds. The molecular weight excluding hydrogens is 428 g/mol. The first kappa shape index (κ1) is 21.3. The third-order valence-corrected chi connectivity index (χ3v) is 6.63. The van der Waals surface area contributed by atoms with Crippen LogP contribution in [0, 0.1) is 13.8 Å². The van der Waals surface area contributed by atoms with E-state index in [9.17, 15) is 0 Å². The van der Waals surface area contributed by atoms with Gasteiger partial charge in [-0.25, -0.2) is 0 Å². The fourth-order valence-electron chi connectivity index (χ4n) is 4.62. The molecule has 33 heavy (non-hydrogen) atoms. The van der Waals surface area contributed by atoms with Gasteiger partial charge in [-0.15, -0.1) is 0 Å². The maximum Gasteiger partial charge on any atom is 0.170 e. The van der Waals surface area contributed by atoms with Crippen LogP contribution in [0.15, 0.2) is 79.4 Å². The molecule has 0 spiro atoms. The molecule has 1 fully saturated rings. The lowest BCUT2D eigenvalue weighted by Crippen LogP contribution is -2.29. The van der Waals surface area contributed by atoms with Crippen LogP contribution in [0.3, 0.4) is 0 Å². The first-order valence-corrected chi connectivity index (χ1v) is 11.5. The fourth-order valence-corrected chi connectivity index (χ4v) is 4.93. The maximum atomic E-state index is 5.83. The van der Waals surface area contributed by atoms with Gasteiger partial charge in [0.1, 0.15) is 0 Å². The lowest BCUT2D eigenvalue weighted by molar-refractivity contribution is 0.307. The topological polar surface area (TPSA) is 58.9 Å². The van der Waals surface area contributed by atoms with Crippen molar-refractivity contribution in [1.82, 2.24) is 29.7 Å². The van der Waals surface area contributed by atoms with Crippen LogP contribution in [0.4, 0.5) is 0 Å². The molecule has 1 N–H and O–H groups in total. The Morgan fingerprint density at radius 3 is 2.36 bits per heavy atom. The highest BCUT2D eigenvalue weighted by atomic mass is 32.1. The minimum absolute atomic E-state index is 0.00629. The summed E-state index contributed by atoms with van der Waals surface area (Å²) in [5.41, 5.74) is 6.89. The monoisotopic (exact) mass is 454 g/mol. The van der Waals surface area contributed by atoms with Gasteiger partial charge in [-0.2, -0.15) is 0 Å². The third-order valence-electron chi connectivity index (χ3n) is 6.28. The van der Waals surface area contributed by atoms with E-state index in [-0.39, 0.29) is 12.1 Å². The molecular formula is C26H26N6S. The third kappa shape index (κ3) is 4.24. The average Bonchev–Trinajstić information content (AvgIpc) is 3.31. The summed E-state index contributed by atoms with van der Waals surface area (Å²) < 4.78 is 2.36. The van der Waals surface area contributed by atoms with Crippen molar-refractivity contribution in [3.05, 3.63) is 113 Å². The van der Waals surface area contributed by atoms with Gasteiger partial charge in [0, 0.05) is 42.7 Å². The van der Waals surface area contributed by atoms with Crippen LogP contribution in [-0.4, -0.2) is 29.5 Å². The SMILES string of the molecule is Cc1cc([C@@H]2[C@@H](c3ccccn3)NC(=S)N2Cc2ccccn2)c(C)n1Cc1ccncc1. The van der Waals surface area contributed by atoms with E-state index in [1.807, 2.05) is 55.1 Å². The van der Waals surface area contributed by atoms with Gasteiger partial charge >= 0.3 is 0 Å². The van der Waals surface area contributed by atoms with E-state index in [4.69, 9.17) is 12.2 Å². The van der Waals surface area contributed by atoms with Gasteiger partial charge in [0.25, 0.3) is 0 Å². The summed E-state index contributed by atoms with van der Waals surface area (Å²) in [6, 6.07) is 18.4. The number of hydrogen-bond acceptors (Lipinski definition) is 4. The number of aryl methyl sites for hydroxylation is 1. The molecule has 0 unspecified atom stereocenters. The van der Waals surface area contributed by atoms with E-state index in [0.717, 1.165) is 23.0 Å². The number of nitrogens with zero attached hydrogens (tertiary/aromatic N) is 5. The summed E-state index contributed by atoms with van der Waals surface area (Å²) in [6.45, 7) is 5.80. The maximum absolute atomic E-state index is 5.83. The quantitative estimate of drug-likeness (QED) is 0.433. The molecule has 6 nitrogen and oxygen atoms in total. The van der Waals surface area contributed by atoms with Crippen molar-refractivity contribution in [3.8, 4) is 0 Å². The van der Waals surface area contributed by atoms with Crippen molar-refractivity contribution in [2.75, 3.05) is 0 Å². The smallest absolute Gasteiger partial charge is 0.170 e. The predicted octanol–water partition coefficient (Wildman–Crippen LogP) is 4.51. The summed E-state index contributed by atoms with van der Waals surface area (Å²) in [7, 11) is 0. The lowest BCUT2D eigenvalue weighted by atomic mass is 9.96. The second kappa shape index (κ2) is 9.11. The minimum atomic E-state index is -0.0442. The Labute approximate surface area is 199 Å². The molecule has 4 aromatic rings. The van der Waals surface area contributed by atoms with Crippen LogP contribution in [0.2, 0.25) is 0 Å². The van der Waals surface area contributed by atoms with Crippen LogP contribution in [0.5, 0.6) is 0 Å². The predicted molar refractivity (Wildman–Crippen MR) is 132 cm³/mol. The standard InChI is InChI=1S/C26H26N6S/c1-18-15-22(19(2)31(18)16-20-9-13-27-14-10-20)25-24(23-8-4-6-12-29-23)30-26(33)32(25)17-21-7-3-5-11-28-21/h3-15,24-25H,16-17H2,1-2H3,(H,30,33)/t24-,25-/m1/s1. The molecule has 0 bridgehead atoms. The Morgan fingerprint density at radius 1 is 0.909 bits per heavy atom. The van der Waals surface area contributed by atoms with E-state index in [1.165, 1.54) is 22.5 Å². The fraction of sp³-hybridized carbons (Fsp3) is 0.231. The summed E-state index contributed by atoms with van der Waals surface area (Å²) in [5.74, 6) is 0. The summed E-state index contributed by atoms with van der Waals surface area (Å²) in [4.78, 5) is 15.6. The zero-order valence-corrected chi connectivity index (χ0v) is 19.5. The molecule has 5 rings (SSSR count). The van der Waals surface area contributed by atoms with E-state index in [1.54, 1.807) is 0 Å². The van der Waals surface area contributed by atoms with Gasteiger partial charge < -0.3 is 14.8 Å². The van der Waals surface area contributed by atoms with Crippen LogP contribution in [0.1, 0.15) is 46.0 Å². The van der Waals surface area contributed by atoms with E-state index >= 15 is 0 Å². The molecule has 0 aliphatic carbocycles. The second-order valence-corrected chi connectivity index (χ2v) is 8.73. The number of hydrogen-bond donors (Lipinski definition) is 1. The highest BCUT2D eigenvalue weighted by Gasteiger charge is 2.41. The molecule has 4 aromatic heterocycles. The van der Waals surface area contributed by atoms with Gasteiger partial charge in [-0.3, -0.25) is 15.0 Å². The Kier molecular flexibility index (Phi) is 5.88. The Balaban J connectivity index is 1.56. The van der Waals surface area contributed by atoms with Crippen molar-refractivity contribution in [2.45, 2.75) is 39.0 Å². The minimum Gasteiger partial charge on any atom is -0.352 e. The molecule has 7 heteroatoms. The molecule has 1 aliphatic rings. The zero-order valence-electron chi connectivity index (χ0n) is 18.7. The van der Waals surface area contributed by atoms with Crippen molar-refractivity contribution < 1.29 is 0 Å². The van der Waals surface area contributed by atoms with Crippen LogP contribution < -0.4 is 5.32 Å². The van der Waals surface area contributed by atoms with Crippen LogP contribution in [-0.2, 0) is 13.1 Å². The number of aromatic nitrogens is 4. The van der Waals surface area contributed by atoms with Gasteiger partial charge in [0.2, 0.25) is 0 Å². The summed E-state index contributed by atoms with van der Waals surface area (Å²) >= 11 is 5.83. The van der Waals surface area contributed by atoms with E-state index in [2.05, 4.69) is 67.8 Å². The van der Waals surface area contributed by atoms with Crippen molar-refractivity contribution >= 4 is 17.3 Å². The highest BCUT2D eigenvalue weighted by Crippen LogP contribution is 2.41. The first-order chi connectivity index (χ1) is 16.1. The lowest BCUT2D eigenvalue weighted by Gasteiger charge is -2.28. The van der Waals surface area contributed by atoms with Crippen molar-refractivity contribution in [3.63, 3.8) is 0 Å². The molecule has 5 heterocycles. The van der Waals surface area contributed by atoms with E-state index < -0.39 is 0 Å². The average molecular weight is 455 g/mol. The van der Waals surface area contributed by atoms with Crippen molar-refractivity contribution in [1.29, 1.82) is 0 Å². The van der Waals surface area contributed by atoms with Gasteiger partial charge in [0.15, 0.2) is 5.11 Å². The van der Waals surface area contributed by atoms with Crippen LogP contribution >= 0.6 is 12.2 Å². The number of thiocarbonyl (C=S) groups is 1. The Hall–Kier alpha value is -3.58. The van der Waals surface area contributed by atoms with Gasteiger partial charge in [-0.05, 0) is 79.7 Å². The number of pyridine rings is 3. The number of nitrogens with one attached hydrogen (secondary N) is 1. The summed E-state index contributed by atoms with van der Waals surface area (Å²) in [5, 5.41) is 4.27. The highest BCUT2D eigenvalue weighted by molar-refractivity contribution is 7.80. The molecule has 166 valence electrons. The molecule has 0 radical (unpaired) electrons. The van der Waals surface area contributed by atoms with E-state index in [0.29, 0.717) is 6.54 Å². The largest absolute Gasteiger partial charge is 0.352 e. The second-order valence-electron chi connectivity index (χ2n) is 8.34. The number of rotatable bonds is 6. The Bertz CT molecular complexity index is 1240. The molecule has 1 saturated heterocycles. The van der Waals surface area contributed by atoms with Gasteiger partial charge in [0.05, 0.1) is 30.0 Å². The van der Waals surface area contributed by atoms with Crippen LogP contribution in [0.25, 0.3) is 0 Å². The zero-order chi connectivity index (χ0) is 22.8. The van der Waals surface area contributed by atoms with Crippen molar-refractivity contribution in [2.24, 2.45) is 0 Å². The molecule has 0 saturated carbocycles. The first-order valence-electron chi connectivity index (χ1n) is 11.1. The summed E-state index contributed by atoms with van der Waals surface area (Å²) in [6.07, 6.45) is 7.35. The Morgan fingerprint density at radius 2 is 1.67 bits per heavy atom.